The summed E-state index contributed by atoms with van der Waals surface area (Å²) in [4.78, 5) is 38.1. The lowest BCUT2D eigenvalue weighted by Crippen LogP contribution is -2.51. The fourth-order valence-corrected chi connectivity index (χ4v) is 3.41. The van der Waals surface area contributed by atoms with Crippen molar-refractivity contribution in [3.8, 4) is 23.7 Å². The van der Waals surface area contributed by atoms with Crippen molar-refractivity contribution >= 4 is 23.4 Å². The lowest BCUT2D eigenvalue weighted by atomic mass is 10.1. The Balaban J connectivity index is 0.00000507. The van der Waals surface area contributed by atoms with E-state index in [1.54, 1.807) is 36.4 Å². The van der Waals surface area contributed by atoms with E-state index in [-0.39, 0.29) is 18.9 Å². The molecule has 38 heavy (non-hydrogen) atoms. The van der Waals surface area contributed by atoms with Crippen LogP contribution in [0.25, 0.3) is 0 Å². The molecule has 0 bridgehead atoms. The minimum Gasteiger partial charge on any atom is -0.391 e. The molecular weight excluding hydrogens is 488 g/mol. The van der Waals surface area contributed by atoms with Crippen LogP contribution in [0.2, 0.25) is 0 Å². The number of aliphatic hydroxyl groups is 1. The van der Waals surface area contributed by atoms with Crippen LogP contribution in [-0.2, 0) is 14.3 Å². The van der Waals surface area contributed by atoms with E-state index in [4.69, 9.17) is 9.94 Å². The number of aliphatic hydroxyl groups excluding tert-OH is 1. The number of carbonyl (C=O) groups is 3. The van der Waals surface area contributed by atoms with Crippen molar-refractivity contribution in [1.29, 1.82) is 0 Å². The molecule has 0 aliphatic carbocycles. The van der Waals surface area contributed by atoms with Gasteiger partial charge in [0.15, 0.2) is 0 Å². The number of nitrogens with one attached hydrogen (secondary N) is 3. The van der Waals surface area contributed by atoms with Crippen LogP contribution in [0.5, 0.6) is 0 Å². The molecule has 1 aliphatic rings. The second-order valence-corrected chi connectivity index (χ2v) is 8.26. The van der Waals surface area contributed by atoms with Gasteiger partial charge in [-0.05, 0) is 67.3 Å². The van der Waals surface area contributed by atoms with E-state index in [2.05, 4.69) is 34.3 Å². The van der Waals surface area contributed by atoms with Gasteiger partial charge in [-0.25, -0.2) is 5.48 Å². The van der Waals surface area contributed by atoms with Crippen molar-refractivity contribution < 1.29 is 29.4 Å². The van der Waals surface area contributed by atoms with Crippen molar-refractivity contribution in [3.05, 3.63) is 65.2 Å². The highest BCUT2D eigenvalue weighted by Gasteiger charge is 2.25. The van der Waals surface area contributed by atoms with Crippen LogP contribution >= 0.6 is 0 Å². The molecule has 3 amide bonds. The highest BCUT2D eigenvalue weighted by atomic mass is 16.5. The predicted molar refractivity (Wildman–Crippen MR) is 142 cm³/mol. The zero-order valence-corrected chi connectivity index (χ0v) is 20.3. The SMILES string of the molecule is C.C[C@@H](O)[C@H](NC(=O)c1ccc(C#CC#Cc2ccc(NC(=O)CN3CCOCC3)cc2)cc1)C(=O)NO. The first-order chi connectivity index (χ1) is 17.9. The number of anilines is 1. The molecule has 0 aromatic heterocycles. The van der Waals surface area contributed by atoms with Crippen LogP contribution in [0.1, 0.15) is 35.8 Å². The summed E-state index contributed by atoms with van der Waals surface area (Å²) >= 11 is 0. The maximum Gasteiger partial charge on any atom is 0.268 e. The Hall–Kier alpha value is -4.19. The minimum atomic E-state index is -1.30. The number of ether oxygens (including phenoxy) is 1. The maximum absolute atomic E-state index is 12.3. The van der Waals surface area contributed by atoms with E-state index in [0.717, 1.165) is 18.7 Å². The smallest absolute Gasteiger partial charge is 0.268 e. The highest BCUT2D eigenvalue weighted by molar-refractivity contribution is 5.97. The van der Waals surface area contributed by atoms with Crippen molar-refractivity contribution in [3.63, 3.8) is 0 Å². The zero-order valence-electron chi connectivity index (χ0n) is 20.3. The third-order valence-electron chi connectivity index (χ3n) is 5.42. The fraction of sp³-hybridized carbons (Fsp3) is 0.321. The number of amides is 3. The number of hydrogen-bond donors (Lipinski definition) is 5. The Bertz CT molecular complexity index is 1210. The predicted octanol–water partition coefficient (Wildman–Crippen LogP) is 0.981. The van der Waals surface area contributed by atoms with Gasteiger partial charge in [0, 0.05) is 35.5 Å². The number of morpholine rings is 1. The topological polar surface area (TPSA) is 140 Å². The second kappa shape index (κ2) is 15.2. The third kappa shape index (κ3) is 9.36. The third-order valence-corrected chi connectivity index (χ3v) is 5.42. The largest absolute Gasteiger partial charge is 0.391 e. The Morgan fingerprint density at radius 2 is 1.53 bits per heavy atom. The summed E-state index contributed by atoms with van der Waals surface area (Å²) in [5, 5.41) is 23.6. The van der Waals surface area contributed by atoms with Gasteiger partial charge in [0.1, 0.15) is 6.04 Å². The van der Waals surface area contributed by atoms with Crippen LogP contribution in [0.4, 0.5) is 5.69 Å². The van der Waals surface area contributed by atoms with Gasteiger partial charge < -0.3 is 20.5 Å². The van der Waals surface area contributed by atoms with Crippen LogP contribution in [0.15, 0.2) is 48.5 Å². The summed E-state index contributed by atoms with van der Waals surface area (Å²) < 4.78 is 5.28. The Morgan fingerprint density at radius 3 is 2.05 bits per heavy atom. The summed E-state index contributed by atoms with van der Waals surface area (Å²) in [6, 6.07) is 12.2. The first kappa shape index (κ1) is 30.0. The van der Waals surface area contributed by atoms with Crippen LogP contribution in [0.3, 0.4) is 0 Å². The molecule has 5 N–H and O–H groups in total. The molecule has 0 unspecified atom stereocenters. The Labute approximate surface area is 222 Å². The van der Waals surface area contributed by atoms with E-state index in [1.165, 1.54) is 24.5 Å². The average Bonchev–Trinajstić information content (AvgIpc) is 2.90. The molecule has 1 fully saturated rings. The quantitative estimate of drug-likeness (QED) is 0.208. The molecule has 10 heteroatoms. The van der Waals surface area contributed by atoms with Gasteiger partial charge in [-0.2, -0.15) is 0 Å². The lowest BCUT2D eigenvalue weighted by molar-refractivity contribution is -0.133. The molecule has 2 aromatic rings. The minimum absolute atomic E-state index is 0. The molecule has 1 aliphatic heterocycles. The van der Waals surface area contributed by atoms with Gasteiger partial charge >= 0.3 is 0 Å². The van der Waals surface area contributed by atoms with E-state index in [9.17, 15) is 19.5 Å². The normalized spacial score (nSPS) is 14.2. The van der Waals surface area contributed by atoms with Gasteiger partial charge in [-0.15, -0.1) is 0 Å². The average molecular weight is 521 g/mol. The number of carbonyl (C=O) groups excluding carboxylic acids is 3. The molecule has 0 saturated carbocycles. The van der Waals surface area contributed by atoms with E-state index < -0.39 is 24.0 Å². The fourth-order valence-electron chi connectivity index (χ4n) is 3.41. The molecule has 0 spiro atoms. The van der Waals surface area contributed by atoms with Crippen molar-refractivity contribution in [2.45, 2.75) is 26.5 Å². The van der Waals surface area contributed by atoms with Gasteiger partial charge in [-0.3, -0.25) is 24.5 Å². The molecule has 1 saturated heterocycles. The van der Waals surface area contributed by atoms with Crippen LogP contribution in [-0.4, -0.2) is 77.9 Å². The molecule has 200 valence electrons. The van der Waals surface area contributed by atoms with Gasteiger partial charge in [-0.1, -0.05) is 19.3 Å². The van der Waals surface area contributed by atoms with Crippen LogP contribution in [0, 0.1) is 23.7 Å². The van der Waals surface area contributed by atoms with Crippen LogP contribution < -0.4 is 16.1 Å². The maximum atomic E-state index is 12.3. The second-order valence-electron chi connectivity index (χ2n) is 8.26. The summed E-state index contributed by atoms with van der Waals surface area (Å²) in [6.07, 6.45) is -1.20. The van der Waals surface area contributed by atoms with Gasteiger partial charge in [0.2, 0.25) is 5.91 Å². The molecule has 2 atom stereocenters. The zero-order chi connectivity index (χ0) is 26.6. The lowest BCUT2D eigenvalue weighted by Gasteiger charge is -2.25. The molecule has 0 radical (unpaired) electrons. The molecule has 2 aromatic carbocycles. The van der Waals surface area contributed by atoms with Gasteiger partial charge in [0.25, 0.3) is 11.8 Å². The standard InChI is InChI=1S/C27H28N4O6.CH4/c1-19(32)25(27(35)30-36)29-26(34)22-10-6-20(7-11-22)4-2-3-5-21-8-12-23(13-9-21)28-24(33)18-31-14-16-37-17-15-31;/h6-13,19,25,32,36H,14-18H2,1H3,(H,28,33)(H,29,34)(H,30,35);1H4/t19-,25+;/m1./s1. The number of nitrogens with zero attached hydrogens (tertiary/aromatic N) is 1. The summed E-state index contributed by atoms with van der Waals surface area (Å²) in [7, 11) is 0. The van der Waals surface area contributed by atoms with Gasteiger partial charge in [0.05, 0.1) is 25.9 Å². The Morgan fingerprint density at radius 1 is 0.974 bits per heavy atom. The Kier molecular flexibility index (Phi) is 12.0. The first-order valence-electron chi connectivity index (χ1n) is 11.6. The molecule has 1 heterocycles. The number of hydroxylamine groups is 1. The van der Waals surface area contributed by atoms with Crippen molar-refractivity contribution in [1.82, 2.24) is 15.7 Å². The highest BCUT2D eigenvalue weighted by Crippen LogP contribution is 2.09. The van der Waals surface area contributed by atoms with Crippen molar-refractivity contribution in [2.75, 3.05) is 38.2 Å². The molecule has 3 rings (SSSR count). The number of hydrogen-bond acceptors (Lipinski definition) is 7. The summed E-state index contributed by atoms with van der Waals surface area (Å²) in [6.45, 7) is 4.43. The monoisotopic (exact) mass is 520 g/mol. The van der Waals surface area contributed by atoms with Crippen molar-refractivity contribution in [2.24, 2.45) is 0 Å². The molecule has 10 nitrogen and oxygen atoms in total. The summed E-state index contributed by atoms with van der Waals surface area (Å²) in [5.74, 6) is 9.74. The molecular formula is C28H32N4O6. The number of benzene rings is 2. The number of rotatable bonds is 7. The van der Waals surface area contributed by atoms with E-state index >= 15 is 0 Å². The summed E-state index contributed by atoms with van der Waals surface area (Å²) in [5.41, 5.74) is 3.73. The van der Waals surface area contributed by atoms with E-state index in [1.807, 2.05) is 4.90 Å². The first-order valence-corrected chi connectivity index (χ1v) is 11.6. The van der Waals surface area contributed by atoms with E-state index in [0.29, 0.717) is 31.0 Å².